The molecule has 1 atom stereocenters. The fourth-order valence-electron chi connectivity index (χ4n) is 4.25. The number of hydrogen-bond donors (Lipinski definition) is 2. The summed E-state index contributed by atoms with van der Waals surface area (Å²) in [4.78, 5) is 13.1. The van der Waals surface area contributed by atoms with Crippen molar-refractivity contribution in [1.82, 2.24) is 25.2 Å². The topological polar surface area (TPSA) is 96.7 Å². The van der Waals surface area contributed by atoms with Crippen LogP contribution in [0.5, 0.6) is 0 Å². The van der Waals surface area contributed by atoms with E-state index in [1.807, 2.05) is 65.4 Å². The van der Waals surface area contributed by atoms with E-state index in [-0.39, 0.29) is 0 Å². The van der Waals surface area contributed by atoms with E-state index >= 15 is 0 Å². The third-order valence-corrected chi connectivity index (χ3v) is 5.72. The first-order valence-corrected chi connectivity index (χ1v) is 10.3. The molecule has 2 heterocycles. The summed E-state index contributed by atoms with van der Waals surface area (Å²) < 4.78 is 1.90. The highest BCUT2D eigenvalue weighted by molar-refractivity contribution is 5.89. The second-order valence-electron chi connectivity index (χ2n) is 7.50. The number of nitrogens with one attached hydrogen (secondary N) is 1. The van der Waals surface area contributed by atoms with E-state index < -0.39 is 11.5 Å². The standard InChI is InChI=1S/C23H25N5O2/c1-2-3-4-9-15-23(22(29)30,28-16-14-17-10-5-8-13-20(17)28)19-12-7-6-11-18(19)21-24-26-27-25-21/h5-8,10-14,16H,2-4,9,15H2,1H3,(H,29,30)(H,24,25,26,27). The molecule has 0 saturated carbocycles. The smallest absolute Gasteiger partial charge is 0.334 e. The van der Waals surface area contributed by atoms with Crippen LogP contribution in [-0.2, 0) is 10.3 Å². The number of aliphatic carboxylic acids is 1. The van der Waals surface area contributed by atoms with Gasteiger partial charge in [-0.05, 0) is 29.2 Å². The predicted molar refractivity (Wildman–Crippen MR) is 115 cm³/mol. The van der Waals surface area contributed by atoms with Gasteiger partial charge in [-0.3, -0.25) is 0 Å². The van der Waals surface area contributed by atoms with Gasteiger partial charge in [0.15, 0.2) is 5.54 Å². The Morgan fingerprint density at radius 3 is 2.63 bits per heavy atom. The van der Waals surface area contributed by atoms with Crippen LogP contribution in [0.15, 0.2) is 60.8 Å². The average Bonchev–Trinajstić information content (AvgIpc) is 3.45. The number of fused-ring (bicyclic) bond motifs is 1. The van der Waals surface area contributed by atoms with E-state index in [1.54, 1.807) is 0 Å². The van der Waals surface area contributed by atoms with E-state index in [1.165, 1.54) is 0 Å². The molecule has 0 aliphatic carbocycles. The number of hydrogen-bond acceptors (Lipinski definition) is 4. The molecule has 2 aromatic carbocycles. The Morgan fingerprint density at radius 1 is 1.07 bits per heavy atom. The minimum Gasteiger partial charge on any atom is -0.479 e. The molecule has 0 saturated heterocycles. The van der Waals surface area contributed by atoms with Crippen LogP contribution < -0.4 is 0 Å². The molecular weight excluding hydrogens is 378 g/mol. The lowest BCUT2D eigenvalue weighted by Crippen LogP contribution is -2.43. The predicted octanol–water partition coefficient (Wildman–Crippen LogP) is 4.62. The first-order valence-electron chi connectivity index (χ1n) is 10.3. The van der Waals surface area contributed by atoms with Gasteiger partial charge in [-0.1, -0.05) is 75.1 Å². The number of nitrogens with zero attached hydrogens (tertiary/aromatic N) is 4. The van der Waals surface area contributed by atoms with E-state index in [2.05, 4.69) is 27.5 Å². The maximum Gasteiger partial charge on any atom is 0.334 e. The lowest BCUT2D eigenvalue weighted by Gasteiger charge is -2.34. The second-order valence-corrected chi connectivity index (χ2v) is 7.50. The third-order valence-electron chi connectivity index (χ3n) is 5.72. The highest BCUT2D eigenvalue weighted by Crippen LogP contribution is 2.40. The van der Waals surface area contributed by atoms with Crippen molar-refractivity contribution in [2.24, 2.45) is 0 Å². The zero-order chi connectivity index (χ0) is 21.0. The van der Waals surface area contributed by atoms with Gasteiger partial charge in [0, 0.05) is 22.8 Å². The van der Waals surface area contributed by atoms with Crippen molar-refractivity contribution >= 4 is 16.9 Å². The van der Waals surface area contributed by atoms with Crippen molar-refractivity contribution in [1.29, 1.82) is 0 Å². The number of unbranched alkanes of at least 4 members (excludes halogenated alkanes) is 3. The Kier molecular flexibility index (Phi) is 5.61. The Bertz CT molecular complexity index is 1140. The number of carboxylic acids is 1. The molecule has 154 valence electrons. The van der Waals surface area contributed by atoms with Gasteiger partial charge < -0.3 is 9.67 Å². The van der Waals surface area contributed by atoms with Gasteiger partial charge in [0.1, 0.15) is 0 Å². The van der Waals surface area contributed by atoms with Gasteiger partial charge in [-0.2, -0.15) is 5.21 Å². The van der Waals surface area contributed by atoms with Crippen LogP contribution in [0, 0.1) is 0 Å². The van der Waals surface area contributed by atoms with Crippen LogP contribution >= 0.6 is 0 Å². The number of carbonyl (C=O) groups is 1. The Hall–Kier alpha value is -3.48. The molecule has 0 amide bonds. The molecule has 0 fully saturated rings. The van der Waals surface area contributed by atoms with Crippen molar-refractivity contribution in [2.75, 3.05) is 0 Å². The first-order chi connectivity index (χ1) is 14.7. The van der Waals surface area contributed by atoms with Gasteiger partial charge in [-0.15, -0.1) is 10.2 Å². The van der Waals surface area contributed by atoms with Crippen LogP contribution in [0.1, 0.15) is 44.6 Å². The molecule has 2 aromatic heterocycles. The zero-order valence-electron chi connectivity index (χ0n) is 17.0. The van der Waals surface area contributed by atoms with Crippen LogP contribution in [-0.4, -0.2) is 36.3 Å². The van der Waals surface area contributed by atoms with Crippen molar-refractivity contribution in [3.05, 3.63) is 66.4 Å². The van der Waals surface area contributed by atoms with Crippen LogP contribution in [0.3, 0.4) is 0 Å². The number of para-hydroxylation sites is 1. The molecule has 2 N–H and O–H groups in total. The highest BCUT2D eigenvalue weighted by Gasteiger charge is 2.44. The number of rotatable bonds is 9. The second kappa shape index (κ2) is 8.49. The van der Waals surface area contributed by atoms with Gasteiger partial charge >= 0.3 is 5.97 Å². The molecule has 4 aromatic rings. The lowest BCUT2D eigenvalue weighted by atomic mass is 9.81. The van der Waals surface area contributed by atoms with Crippen LogP contribution in [0.2, 0.25) is 0 Å². The summed E-state index contributed by atoms with van der Waals surface area (Å²) in [5, 5.41) is 26.1. The Balaban J connectivity index is 1.96. The van der Waals surface area contributed by atoms with Gasteiger partial charge in [-0.25, -0.2) is 4.79 Å². The summed E-state index contributed by atoms with van der Waals surface area (Å²) in [7, 11) is 0. The zero-order valence-corrected chi connectivity index (χ0v) is 17.0. The summed E-state index contributed by atoms with van der Waals surface area (Å²) in [6, 6.07) is 17.3. The van der Waals surface area contributed by atoms with E-state index in [9.17, 15) is 9.90 Å². The molecular formula is C23H25N5O2. The fraction of sp³-hybridized carbons (Fsp3) is 0.304. The quantitative estimate of drug-likeness (QED) is 0.398. The van der Waals surface area contributed by atoms with Gasteiger partial charge in [0.05, 0.1) is 0 Å². The van der Waals surface area contributed by atoms with E-state index in [0.29, 0.717) is 23.4 Å². The molecule has 7 nitrogen and oxygen atoms in total. The molecule has 4 rings (SSSR count). The molecule has 30 heavy (non-hydrogen) atoms. The third kappa shape index (κ3) is 3.36. The average molecular weight is 403 g/mol. The highest BCUT2D eigenvalue weighted by atomic mass is 16.4. The number of aromatic amines is 1. The van der Waals surface area contributed by atoms with Gasteiger partial charge in [0.2, 0.25) is 5.82 Å². The Morgan fingerprint density at radius 2 is 1.87 bits per heavy atom. The monoisotopic (exact) mass is 403 g/mol. The van der Waals surface area contributed by atoms with Crippen LogP contribution in [0.25, 0.3) is 22.3 Å². The lowest BCUT2D eigenvalue weighted by molar-refractivity contribution is -0.145. The Labute approximate surface area is 174 Å². The summed E-state index contributed by atoms with van der Waals surface area (Å²) in [5.74, 6) is -0.502. The van der Waals surface area contributed by atoms with E-state index in [0.717, 1.165) is 36.6 Å². The fourth-order valence-corrected chi connectivity index (χ4v) is 4.25. The minimum absolute atomic E-state index is 0.390. The first kappa shape index (κ1) is 19.8. The van der Waals surface area contributed by atoms with Crippen molar-refractivity contribution in [2.45, 2.75) is 44.6 Å². The normalized spacial score (nSPS) is 13.4. The van der Waals surface area contributed by atoms with Crippen molar-refractivity contribution in [3.63, 3.8) is 0 Å². The molecule has 0 spiro atoms. The number of carboxylic acid groups (broad SMARTS) is 1. The molecule has 0 aliphatic heterocycles. The van der Waals surface area contributed by atoms with Gasteiger partial charge in [0.25, 0.3) is 0 Å². The number of H-pyrrole nitrogens is 1. The molecule has 0 radical (unpaired) electrons. The summed E-state index contributed by atoms with van der Waals surface area (Å²) in [6.45, 7) is 2.15. The van der Waals surface area contributed by atoms with Crippen LogP contribution in [0.4, 0.5) is 0 Å². The number of tetrazole rings is 1. The summed E-state index contributed by atoms with van der Waals surface area (Å²) in [6.07, 6.45) is 6.30. The number of benzene rings is 2. The molecule has 7 heteroatoms. The SMILES string of the molecule is CCCCCCC(C(=O)O)(c1ccccc1-c1nn[nH]n1)n1ccc2ccccc21. The number of aromatic nitrogens is 5. The van der Waals surface area contributed by atoms with Crippen molar-refractivity contribution < 1.29 is 9.90 Å². The molecule has 0 bridgehead atoms. The molecule has 1 unspecified atom stereocenters. The van der Waals surface area contributed by atoms with E-state index in [4.69, 9.17) is 0 Å². The molecule has 0 aliphatic rings. The van der Waals surface area contributed by atoms with Crippen molar-refractivity contribution in [3.8, 4) is 11.4 Å². The summed E-state index contributed by atoms with van der Waals surface area (Å²) >= 11 is 0. The largest absolute Gasteiger partial charge is 0.479 e. The maximum absolute atomic E-state index is 13.1. The minimum atomic E-state index is -1.28. The maximum atomic E-state index is 13.1. The summed E-state index contributed by atoms with van der Waals surface area (Å²) in [5.41, 5.74) is 0.936.